The first-order valence-electron chi connectivity index (χ1n) is 8.70. The Kier molecular flexibility index (Phi) is 6.75. The average molecular weight is 339 g/mol. The second kappa shape index (κ2) is 9.02. The largest absolute Gasteiger partial charge is 0.484 e. The van der Waals surface area contributed by atoms with Crippen molar-refractivity contribution in [1.82, 2.24) is 0 Å². The van der Waals surface area contributed by atoms with E-state index in [4.69, 9.17) is 4.74 Å². The van der Waals surface area contributed by atoms with E-state index >= 15 is 0 Å². The minimum Gasteiger partial charge on any atom is -0.484 e. The normalized spacial score (nSPS) is 11.6. The van der Waals surface area contributed by atoms with E-state index in [1.807, 2.05) is 31.2 Å². The van der Waals surface area contributed by atoms with Crippen LogP contribution in [0.1, 0.15) is 55.5 Å². The lowest BCUT2D eigenvalue weighted by atomic mass is 9.97. The zero-order valence-corrected chi connectivity index (χ0v) is 15.0. The minimum atomic E-state index is -0.204. The maximum atomic E-state index is 12.2. The smallest absolute Gasteiger partial charge is 0.262 e. The number of ether oxygens (including phenoxy) is 1. The summed E-state index contributed by atoms with van der Waals surface area (Å²) >= 11 is 0. The number of carbonyl (C=O) groups is 2. The molecular weight excluding hydrogens is 314 g/mol. The van der Waals surface area contributed by atoms with Gasteiger partial charge in [0.1, 0.15) is 5.75 Å². The third kappa shape index (κ3) is 5.18. The number of amides is 1. The number of ketones is 1. The van der Waals surface area contributed by atoms with Gasteiger partial charge in [0, 0.05) is 17.7 Å². The molecular formula is C21H25NO3. The summed E-state index contributed by atoms with van der Waals surface area (Å²) in [7, 11) is 0. The Morgan fingerprint density at radius 1 is 1.04 bits per heavy atom. The third-order valence-corrected chi connectivity index (χ3v) is 4.25. The van der Waals surface area contributed by atoms with E-state index in [0.717, 1.165) is 17.7 Å². The van der Waals surface area contributed by atoms with Crippen molar-refractivity contribution >= 4 is 17.4 Å². The molecule has 0 saturated carbocycles. The van der Waals surface area contributed by atoms with E-state index in [0.29, 0.717) is 23.7 Å². The molecule has 0 radical (unpaired) electrons. The fourth-order valence-corrected chi connectivity index (χ4v) is 2.54. The summed E-state index contributed by atoms with van der Waals surface area (Å²) in [6.45, 7) is 6.02. The molecule has 0 fully saturated rings. The van der Waals surface area contributed by atoms with Gasteiger partial charge in [-0.3, -0.25) is 9.59 Å². The number of hydrogen-bond donors (Lipinski definition) is 1. The van der Waals surface area contributed by atoms with Crippen LogP contribution >= 0.6 is 0 Å². The number of nitrogens with one attached hydrogen (secondary N) is 1. The standard InChI is InChI=1S/C21H25NO3/c1-4-15(3)18-8-6-7-9-19(18)22-21(24)14-25-17-12-10-16(11-13-17)20(23)5-2/h6-13,15H,4-5,14H2,1-3H3,(H,22,24)/t15-/m1/s1. The molecule has 132 valence electrons. The van der Waals surface area contributed by atoms with Crippen molar-refractivity contribution in [3.05, 3.63) is 59.7 Å². The van der Waals surface area contributed by atoms with Gasteiger partial charge in [-0.2, -0.15) is 0 Å². The summed E-state index contributed by atoms with van der Waals surface area (Å²) in [5, 5.41) is 2.92. The van der Waals surface area contributed by atoms with Gasteiger partial charge >= 0.3 is 0 Å². The maximum absolute atomic E-state index is 12.2. The highest BCUT2D eigenvalue weighted by molar-refractivity contribution is 5.96. The van der Waals surface area contributed by atoms with Crippen LogP contribution in [0.3, 0.4) is 0 Å². The molecule has 0 unspecified atom stereocenters. The number of para-hydroxylation sites is 1. The number of carbonyl (C=O) groups excluding carboxylic acids is 2. The zero-order chi connectivity index (χ0) is 18.2. The zero-order valence-electron chi connectivity index (χ0n) is 15.0. The van der Waals surface area contributed by atoms with Gasteiger partial charge in [-0.15, -0.1) is 0 Å². The predicted molar refractivity (Wildman–Crippen MR) is 100 cm³/mol. The molecule has 25 heavy (non-hydrogen) atoms. The molecule has 0 aliphatic heterocycles. The van der Waals surface area contributed by atoms with E-state index in [1.54, 1.807) is 24.3 Å². The van der Waals surface area contributed by atoms with Crippen LogP contribution in [0.25, 0.3) is 0 Å². The number of benzene rings is 2. The van der Waals surface area contributed by atoms with Crippen molar-refractivity contribution in [1.29, 1.82) is 0 Å². The van der Waals surface area contributed by atoms with Crippen LogP contribution in [0.15, 0.2) is 48.5 Å². The summed E-state index contributed by atoms with van der Waals surface area (Å²) in [5.41, 5.74) is 2.61. The molecule has 1 N–H and O–H groups in total. The first-order chi connectivity index (χ1) is 12.0. The van der Waals surface area contributed by atoms with Crippen molar-refractivity contribution in [3.8, 4) is 5.75 Å². The van der Waals surface area contributed by atoms with Gasteiger partial charge in [0.2, 0.25) is 0 Å². The molecule has 0 aliphatic rings. The van der Waals surface area contributed by atoms with Gasteiger partial charge in [0.25, 0.3) is 5.91 Å². The molecule has 0 saturated heterocycles. The van der Waals surface area contributed by atoms with Crippen LogP contribution in [0.5, 0.6) is 5.75 Å². The second-order valence-corrected chi connectivity index (χ2v) is 6.03. The fraction of sp³-hybridized carbons (Fsp3) is 0.333. The van der Waals surface area contributed by atoms with Crippen LogP contribution in [0.2, 0.25) is 0 Å². The van der Waals surface area contributed by atoms with Gasteiger partial charge in [0.05, 0.1) is 0 Å². The molecule has 4 nitrogen and oxygen atoms in total. The van der Waals surface area contributed by atoms with Crippen molar-refractivity contribution in [2.75, 3.05) is 11.9 Å². The molecule has 1 atom stereocenters. The third-order valence-electron chi connectivity index (χ3n) is 4.25. The Bertz CT molecular complexity index is 722. The second-order valence-electron chi connectivity index (χ2n) is 6.03. The Labute approximate surface area is 149 Å². The monoisotopic (exact) mass is 339 g/mol. The highest BCUT2D eigenvalue weighted by Gasteiger charge is 2.11. The quantitative estimate of drug-likeness (QED) is 0.702. The number of Topliss-reactive ketones (excluding diaryl/α,β-unsaturated/α-hetero) is 1. The average Bonchev–Trinajstić information content (AvgIpc) is 2.66. The minimum absolute atomic E-state index is 0.0735. The first kappa shape index (κ1) is 18.7. The van der Waals surface area contributed by atoms with E-state index in [1.165, 1.54) is 0 Å². The highest BCUT2D eigenvalue weighted by Crippen LogP contribution is 2.26. The van der Waals surface area contributed by atoms with Crippen molar-refractivity contribution in [2.24, 2.45) is 0 Å². The molecule has 4 heteroatoms. The Morgan fingerprint density at radius 2 is 1.72 bits per heavy atom. The summed E-state index contributed by atoms with van der Waals surface area (Å²) in [6.07, 6.45) is 1.48. The van der Waals surface area contributed by atoms with Gasteiger partial charge in [-0.1, -0.05) is 39.0 Å². The fourth-order valence-electron chi connectivity index (χ4n) is 2.54. The lowest BCUT2D eigenvalue weighted by Crippen LogP contribution is -2.21. The van der Waals surface area contributed by atoms with Crippen LogP contribution in [0.4, 0.5) is 5.69 Å². The lowest BCUT2D eigenvalue weighted by molar-refractivity contribution is -0.118. The van der Waals surface area contributed by atoms with Crippen molar-refractivity contribution in [3.63, 3.8) is 0 Å². The van der Waals surface area contributed by atoms with Crippen molar-refractivity contribution in [2.45, 2.75) is 39.5 Å². The van der Waals surface area contributed by atoms with Gasteiger partial charge in [-0.25, -0.2) is 0 Å². The van der Waals surface area contributed by atoms with E-state index in [2.05, 4.69) is 19.2 Å². The first-order valence-corrected chi connectivity index (χ1v) is 8.70. The molecule has 0 bridgehead atoms. The maximum Gasteiger partial charge on any atom is 0.262 e. The molecule has 2 aromatic rings. The molecule has 2 rings (SSSR count). The van der Waals surface area contributed by atoms with E-state index in [-0.39, 0.29) is 18.3 Å². The van der Waals surface area contributed by atoms with Gasteiger partial charge in [0.15, 0.2) is 12.4 Å². The predicted octanol–water partition coefficient (Wildman–Crippen LogP) is 4.81. The van der Waals surface area contributed by atoms with Crippen LogP contribution in [-0.2, 0) is 4.79 Å². The van der Waals surface area contributed by atoms with E-state index in [9.17, 15) is 9.59 Å². The summed E-state index contributed by atoms with van der Waals surface area (Å²) in [5.74, 6) is 0.828. The molecule has 0 aromatic heterocycles. The topological polar surface area (TPSA) is 55.4 Å². The summed E-state index contributed by atoms with van der Waals surface area (Å²) < 4.78 is 5.51. The Balaban J connectivity index is 1.94. The summed E-state index contributed by atoms with van der Waals surface area (Å²) in [4.78, 5) is 23.8. The molecule has 2 aromatic carbocycles. The summed E-state index contributed by atoms with van der Waals surface area (Å²) in [6, 6.07) is 14.7. The number of anilines is 1. The molecule has 0 aliphatic carbocycles. The van der Waals surface area contributed by atoms with Gasteiger partial charge in [-0.05, 0) is 48.2 Å². The van der Waals surface area contributed by atoms with E-state index < -0.39 is 0 Å². The lowest BCUT2D eigenvalue weighted by Gasteiger charge is -2.15. The van der Waals surface area contributed by atoms with Crippen LogP contribution in [-0.4, -0.2) is 18.3 Å². The highest BCUT2D eigenvalue weighted by atomic mass is 16.5. The number of hydrogen-bond acceptors (Lipinski definition) is 3. The molecule has 1 amide bonds. The number of rotatable bonds is 8. The van der Waals surface area contributed by atoms with Crippen LogP contribution in [0, 0.1) is 0 Å². The molecule has 0 spiro atoms. The molecule has 0 heterocycles. The Morgan fingerprint density at radius 3 is 2.36 bits per heavy atom. The SMILES string of the molecule is CCC(=O)c1ccc(OCC(=O)Nc2ccccc2[C@H](C)CC)cc1. The Hall–Kier alpha value is -2.62. The van der Waals surface area contributed by atoms with Crippen molar-refractivity contribution < 1.29 is 14.3 Å². The van der Waals surface area contributed by atoms with Gasteiger partial charge < -0.3 is 10.1 Å². The van der Waals surface area contributed by atoms with Crippen LogP contribution < -0.4 is 10.1 Å².